The SMILES string of the molecule is COc1ccc(OCC(=O)Nc2sc3c(c2C#N)CCC3)c([N+](=O)[O-])c1. The fourth-order valence-corrected chi connectivity index (χ4v) is 4.06. The van der Waals surface area contributed by atoms with Gasteiger partial charge in [-0.3, -0.25) is 14.9 Å². The summed E-state index contributed by atoms with van der Waals surface area (Å²) in [6.07, 6.45) is 2.78. The molecule has 0 saturated carbocycles. The predicted octanol–water partition coefficient (Wildman–Crippen LogP) is 3.04. The topological polar surface area (TPSA) is 114 Å². The monoisotopic (exact) mass is 373 g/mol. The maximum absolute atomic E-state index is 12.2. The summed E-state index contributed by atoms with van der Waals surface area (Å²) in [7, 11) is 1.40. The van der Waals surface area contributed by atoms with Gasteiger partial charge in [0, 0.05) is 4.88 Å². The number of aryl methyl sites for hydroxylation is 1. The lowest BCUT2D eigenvalue weighted by atomic mass is 10.1. The number of nitriles is 1. The summed E-state index contributed by atoms with van der Waals surface area (Å²) in [4.78, 5) is 23.8. The number of nitrogens with one attached hydrogen (secondary N) is 1. The number of hydrogen-bond acceptors (Lipinski definition) is 7. The number of anilines is 1. The number of hydrogen-bond donors (Lipinski definition) is 1. The maximum Gasteiger partial charge on any atom is 0.314 e. The molecule has 26 heavy (non-hydrogen) atoms. The van der Waals surface area contributed by atoms with Gasteiger partial charge >= 0.3 is 5.69 Å². The highest BCUT2D eigenvalue weighted by Gasteiger charge is 2.23. The molecule has 2 aromatic rings. The molecule has 3 rings (SSSR count). The second kappa shape index (κ2) is 7.41. The third-order valence-corrected chi connectivity index (χ3v) is 5.21. The highest BCUT2D eigenvalue weighted by molar-refractivity contribution is 7.16. The van der Waals surface area contributed by atoms with Crippen LogP contribution in [0.3, 0.4) is 0 Å². The first-order chi connectivity index (χ1) is 12.5. The Morgan fingerprint density at radius 3 is 2.96 bits per heavy atom. The van der Waals surface area contributed by atoms with Crippen molar-refractivity contribution in [3.63, 3.8) is 0 Å². The van der Waals surface area contributed by atoms with Gasteiger partial charge in [-0.25, -0.2) is 0 Å². The van der Waals surface area contributed by atoms with Crippen molar-refractivity contribution in [1.29, 1.82) is 5.26 Å². The third-order valence-electron chi connectivity index (χ3n) is 4.01. The predicted molar refractivity (Wildman–Crippen MR) is 94.8 cm³/mol. The second-order valence-electron chi connectivity index (χ2n) is 5.60. The van der Waals surface area contributed by atoms with Crippen molar-refractivity contribution in [1.82, 2.24) is 0 Å². The van der Waals surface area contributed by atoms with E-state index in [1.54, 1.807) is 0 Å². The summed E-state index contributed by atoms with van der Waals surface area (Å²) in [5.41, 5.74) is 1.23. The highest BCUT2D eigenvalue weighted by atomic mass is 32.1. The lowest BCUT2D eigenvalue weighted by Crippen LogP contribution is -2.20. The Labute approximate surface area is 153 Å². The van der Waals surface area contributed by atoms with Crippen LogP contribution < -0.4 is 14.8 Å². The minimum atomic E-state index is -0.604. The standard InChI is InChI=1S/C17H15N3O5S/c1-24-10-5-6-14(13(7-10)20(22)23)25-9-16(21)19-17-12(8-18)11-3-2-4-15(11)26-17/h5-7H,2-4,9H2,1H3,(H,19,21). The number of thiophene rings is 1. The van der Waals surface area contributed by atoms with Gasteiger partial charge in [-0.1, -0.05) is 0 Å². The fourth-order valence-electron chi connectivity index (χ4n) is 2.81. The molecule has 0 fully saturated rings. The van der Waals surface area contributed by atoms with Gasteiger partial charge in [0.1, 0.15) is 16.8 Å². The van der Waals surface area contributed by atoms with Crippen molar-refractivity contribution >= 4 is 27.9 Å². The number of fused-ring (bicyclic) bond motifs is 1. The normalized spacial score (nSPS) is 12.2. The smallest absolute Gasteiger partial charge is 0.314 e. The summed E-state index contributed by atoms with van der Waals surface area (Å²) < 4.78 is 10.2. The molecule has 134 valence electrons. The summed E-state index contributed by atoms with van der Waals surface area (Å²) >= 11 is 1.40. The molecule has 1 aliphatic rings. The molecule has 0 saturated heterocycles. The lowest BCUT2D eigenvalue weighted by molar-refractivity contribution is -0.385. The molecule has 8 nitrogen and oxygen atoms in total. The van der Waals surface area contributed by atoms with Crippen molar-refractivity contribution < 1.29 is 19.2 Å². The molecule has 1 aliphatic carbocycles. The van der Waals surface area contributed by atoms with Crippen LogP contribution in [0.1, 0.15) is 22.4 Å². The van der Waals surface area contributed by atoms with Crippen LogP contribution in [-0.2, 0) is 17.6 Å². The van der Waals surface area contributed by atoms with Crippen LogP contribution in [0, 0.1) is 21.4 Å². The minimum absolute atomic E-state index is 0.0277. The van der Waals surface area contributed by atoms with Crippen LogP contribution in [0.2, 0.25) is 0 Å². The molecule has 1 heterocycles. The zero-order chi connectivity index (χ0) is 18.7. The molecule has 0 spiro atoms. The van der Waals surface area contributed by atoms with Gasteiger partial charge < -0.3 is 14.8 Å². The van der Waals surface area contributed by atoms with E-state index in [4.69, 9.17) is 9.47 Å². The van der Waals surface area contributed by atoms with Gasteiger partial charge in [0.15, 0.2) is 12.4 Å². The van der Waals surface area contributed by atoms with Gasteiger partial charge in [-0.2, -0.15) is 5.26 Å². The quantitative estimate of drug-likeness (QED) is 0.615. The van der Waals surface area contributed by atoms with Gasteiger partial charge in [-0.05, 0) is 37.0 Å². The van der Waals surface area contributed by atoms with Crippen LogP contribution in [0.15, 0.2) is 18.2 Å². The van der Waals surface area contributed by atoms with E-state index in [9.17, 15) is 20.2 Å². The Hall–Kier alpha value is -3.12. The average Bonchev–Trinajstić information content (AvgIpc) is 3.20. The van der Waals surface area contributed by atoms with E-state index >= 15 is 0 Å². The minimum Gasteiger partial charge on any atom is -0.496 e. The fraction of sp³-hybridized carbons (Fsp3) is 0.294. The van der Waals surface area contributed by atoms with Gasteiger partial charge in [0.25, 0.3) is 5.91 Å². The van der Waals surface area contributed by atoms with Crippen molar-refractivity contribution in [2.24, 2.45) is 0 Å². The Morgan fingerprint density at radius 1 is 1.46 bits per heavy atom. The van der Waals surface area contributed by atoms with Gasteiger partial charge in [0.2, 0.25) is 0 Å². The van der Waals surface area contributed by atoms with Crippen LogP contribution in [0.25, 0.3) is 0 Å². The van der Waals surface area contributed by atoms with Crippen molar-refractivity contribution in [2.75, 3.05) is 19.0 Å². The molecule has 9 heteroatoms. The van der Waals surface area contributed by atoms with Gasteiger partial charge in [0.05, 0.1) is 23.7 Å². The number of nitro groups is 1. The number of nitro benzene ring substituents is 1. The molecular formula is C17H15N3O5S. The number of ether oxygens (including phenoxy) is 2. The molecule has 0 atom stereocenters. The van der Waals surface area contributed by atoms with E-state index < -0.39 is 17.4 Å². The number of nitrogens with zero attached hydrogens (tertiary/aromatic N) is 2. The van der Waals surface area contributed by atoms with Crippen LogP contribution in [0.4, 0.5) is 10.7 Å². The van der Waals surface area contributed by atoms with E-state index in [2.05, 4.69) is 11.4 Å². The molecule has 1 N–H and O–H groups in total. The van der Waals surface area contributed by atoms with E-state index in [0.29, 0.717) is 16.3 Å². The average molecular weight is 373 g/mol. The number of amides is 1. The molecule has 1 amide bonds. The Morgan fingerprint density at radius 2 is 2.27 bits per heavy atom. The number of benzene rings is 1. The summed E-state index contributed by atoms with van der Waals surface area (Å²) in [5, 5.41) is 23.6. The summed E-state index contributed by atoms with van der Waals surface area (Å²) in [5.74, 6) is -0.188. The Bertz CT molecular complexity index is 916. The first kappa shape index (κ1) is 17.7. The first-order valence-corrected chi connectivity index (χ1v) is 8.65. The third kappa shape index (κ3) is 3.45. The van der Waals surface area contributed by atoms with Crippen molar-refractivity contribution in [3.05, 3.63) is 44.3 Å². The van der Waals surface area contributed by atoms with E-state index in [-0.39, 0.29) is 11.4 Å². The van der Waals surface area contributed by atoms with Crippen LogP contribution >= 0.6 is 11.3 Å². The van der Waals surface area contributed by atoms with E-state index in [1.807, 2.05) is 0 Å². The zero-order valence-corrected chi connectivity index (χ0v) is 14.7. The largest absolute Gasteiger partial charge is 0.496 e. The number of methoxy groups -OCH3 is 1. The first-order valence-electron chi connectivity index (χ1n) is 7.83. The second-order valence-corrected chi connectivity index (χ2v) is 6.71. The van der Waals surface area contributed by atoms with E-state index in [1.165, 1.54) is 36.6 Å². The van der Waals surface area contributed by atoms with E-state index in [0.717, 1.165) is 29.7 Å². The zero-order valence-electron chi connectivity index (χ0n) is 13.9. The lowest BCUT2D eigenvalue weighted by Gasteiger charge is -2.08. The van der Waals surface area contributed by atoms with Crippen molar-refractivity contribution in [2.45, 2.75) is 19.3 Å². The molecule has 0 aliphatic heterocycles. The number of carbonyl (C=O) groups is 1. The number of rotatable bonds is 6. The molecule has 0 radical (unpaired) electrons. The summed E-state index contributed by atoms with van der Waals surface area (Å²) in [6, 6.07) is 6.26. The molecular weight excluding hydrogens is 358 g/mol. The highest BCUT2D eigenvalue weighted by Crippen LogP contribution is 2.38. The van der Waals surface area contributed by atoms with Crippen molar-refractivity contribution in [3.8, 4) is 17.6 Å². The maximum atomic E-state index is 12.2. The Balaban J connectivity index is 1.69. The van der Waals surface area contributed by atoms with Crippen LogP contribution in [-0.4, -0.2) is 24.5 Å². The Kier molecular flexibility index (Phi) is 5.04. The summed E-state index contributed by atoms with van der Waals surface area (Å²) in [6.45, 7) is -0.402. The van der Waals surface area contributed by atoms with Gasteiger partial charge in [-0.15, -0.1) is 11.3 Å². The molecule has 0 unspecified atom stereocenters. The molecule has 0 bridgehead atoms. The van der Waals surface area contributed by atoms with Crippen LogP contribution in [0.5, 0.6) is 11.5 Å². The molecule has 1 aromatic heterocycles. The molecule has 1 aromatic carbocycles. The number of carbonyl (C=O) groups excluding carboxylic acids is 1.